The molecule has 1 aliphatic heterocycles. The third-order valence-electron chi connectivity index (χ3n) is 3.93. The Morgan fingerprint density at radius 3 is 2.70 bits per heavy atom. The van der Waals surface area contributed by atoms with E-state index in [-0.39, 0.29) is 12.0 Å². The smallest absolute Gasteiger partial charge is 0.227 e. The fourth-order valence-corrected chi connectivity index (χ4v) is 3.28. The number of ether oxygens (including phenoxy) is 1. The van der Waals surface area contributed by atoms with Crippen LogP contribution in [0.1, 0.15) is 23.7 Å². The van der Waals surface area contributed by atoms with Gasteiger partial charge in [0, 0.05) is 27.6 Å². The third-order valence-corrected chi connectivity index (χ3v) is 4.87. The first-order chi connectivity index (χ1) is 11.1. The van der Waals surface area contributed by atoms with Crippen LogP contribution in [0.15, 0.2) is 53.4 Å². The van der Waals surface area contributed by atoms with E-state index < -0.39 is 10.8 Å². The van der Waals surface area contributed by atoms with Crippen LogP contribution in [0.4, 0.5) is 5.69 Å². The second-order valence-electron chi connectivity index (χ2n) is 5.54. The van der Waals surface area contributed by atoms with Crippen molar-refractivity contribution in [2.75, 3.05) is 18.2 Å². The number of nitrogens with one attached hydrogen (secondary N) is 1. The van der Waals surface area contributed by atoms with Gasteiger partial charge in [0.05, 0.1) is 19.1 Å². The van der Waals surface area contributed by atoms with Crippen LogP contribution in [-0.2, 0) is 26.8 Å². The SMILES string of the molecule is C[S@](=O)c1ccc(NC(=O)C[C@H]2OCCc3ccccc32)cc1. The summed E-state index contributed by atoms with van der Waals surface area (Å²) in [5, 5.41) is 2.87. The van der Waals surface area contributed by atoms with Crippen LogP contribution in [-0.4, -0.2) is 23.0 Å². The van der Waals surface area contributed by atoms with Crippen LogP contribution < -0.4 is 5.32 Å². The lowest BCUT2D eigenvalue weighted by Gasteiger charge is -2.25. The predicted molar refractivity (Wildman–Crippen MR) is 90.9 cm³/mol. The van der Waals surface area contributed by atoms with Gasteiger partial charge in [0.1, 0.15) is 0 Å². The minimum absolute atomic E-state index is 0.0860. The lowest BCUT2D eigenvalue weighted by molar-refractivity contribution is -0.119. The van der Waals surface area contributed by atoms with E-state index >= 15 is 0 Å². The van der Waals surface area contributed by atoms with Crippen molar-refractivity contribution in [1.82, 2.24) is 0 Å². The van der Waals surface area contributed by atoms with Gasteiger partial charge in [-0.3, -0.25) is 9.00 Å². The molecule has 2 aromatic carbocycles. The van der Waals surface area contributed by atoms with Crippen LogP contribution in [0, 0.1) is 0 Å². The summed E-state index contributed by atoms with van der Waals surface area (Å²) in [6, 6.07) is 15.2. The van der Waals surface area contributed by atoms with Crippen molar-refractivity contribution in [3.63, 3.8) is 0 Å². The number of carbonyl (C=O) groups is 1. The summed E-state index contributed by atoms with van der Waals surface area (Å²) in [6.07, 6.45) is 2.62. The molecule has 0 fully saturated rings. The summed E-state index contributed by atoms with van der Waals surface area (Å²) in [7, 11) is -1.01. The van der Waals surface area contributed by atoms with Crippen molar-refractivity contribution in [1.29, 1.82) is 0 Å². The number of anilines is 1. The zero-order valence-electron chi connectivity index (χ0n) is 13.0. The Kier molecular flexibility index (Phi) is 4.88. The maximum atomic E-state index is 12.3. The molecule has 0 aromatic heterocycles. The largest absolute Gasteiger partial charge is 0.373 e. The van der Waals surface area contributed by atoms with Crippen LogP contribution in [0.3, 0.4) is 0 Å². The highest BCUT2D eigenvalue weighted by Gasteiger charge is 2.23. The van der Waals surface area contributed by atoms with Crippen molar-refractivity contribution in [2.24, 2.45) is 0 Å². The Labute approximate surface area is 138 Å². The Morgan fingerprint density at radius 2 is 1.96 bits per heavy atom. The highest BCUT2D eigenvalue weighted by atomic mass is 32.2. The number of hydrogen-bond donors (Lipinski definition) is 1. The van der Waals surface area contributed by atoms with Gasteiger partial charge in [0.15, 0.2) is 0 Å². The quantitative estimate of drug-likeness (QED) is 0.938. The summed E-state index contributed by atoms with van der Waals surface area (Å²) < 4.78 is 17.1. The molecular formula is C18H19NO3S. The number of fused-ring (bicyclic) bond motifs is 1. The zero-order chi connectivity index (χ0) is 16.2. The highest BCUT2D eigenvalue weighted by Crippen LogP contribution is 2.29. The Bertz CT molecular complexity index is 727. The summed E-state index contributed by atoms with van der Waals surface area (Å²) >= 11 is 0. The molecule has 4 nitrogen and oxygen atoms in total. The number of carbonyl (C=O) groups excluding carboxylic acids is 1. The van der Waals surface area contributed by atoms with E-state index in [0.29, 0.717) is 18.7 Å². The molecule has 1 aliphatic rings. The van der Waals surface area contributed by atoms with E-state index in [2.05, 4.69) is 11.4 Å². The fourth-order valence-electron chi connectivity index (χ4n) is 2.76. The average molecular weight is 329 g/mol. The normalized spacial score (nSPS) is 18.0. The second-order valence-corrected chi connectivity index (χ2v) is 6.92. The third kappa shape index (κ3) is 3.86. The molecule has 3 rings (SSSR count). The Hall–Kier alpha value is -1.98. The molecule has 1 N–H and O–H groups in total. The molecule has 23 heavy (non-hydrogen) atoms. The van der Waals surface area contributed by atoms with Gasteiger partial charge in [-0.15, -0.1) is 0 Å². The lowest BCUT2D eigenvalue weighted by atomic mass is 9.95. The van der Waals surface area contributed by atoms with Gasteiger partial charge in [-0.1, -0.05) is 24.3 Å². The maximum absolute atomic E-state index is 12.3. The fraction of sp³-hybridized carbons (Fsp3) is 0.278. The van der Waals surface area contributed by atoms with Gasteiger partial charge in [-0.05, 0) is 41.8 Å². The van der Waals surface area contributed by atoms with Crippen molar-refractivity contribution < 1.29 is 13.7 Å². The van der Waals surface area contributed by atoms with E-state index in [1.54, 1.807) is 30.5 Å². The van der Waals surface area contributed by atoms with E-state index in [1.165, 1.54) is 5.56 Å². The van der Waals surface area contributed by atoms with Gasteiger partial charge in [0.25, 0.3) is 0 Å². The van der Waals surface area contributed by atoms with Crippen molar-refractivity contribution in [3.8, 4) is 0 Å². The molecule has 1 amide bonds. The highest BCUT2D eigenvalue weighted by molar-refractivity contribution is 7.84. The van der Waals surface area contributed by atoms with Gasteiger partial charge >= 0.3 is 0 Å². The zero-order valence-corrected chi connectivity index (χ0v) is 13.8. The maximum Gasteiger partial charge on any atom is 0.227 e. The van der Waals surface area contributed by atoms with Crippen molar-refractivity contribution >= 4 is 22.4 Å². The molecular weight excluding hydrogens is 310 g/mol. The van der Waals surface area contributed by atoms with Crippen LogP contribution in [0.25, 0.3) is 0 Å². The number of benzene rings is 2. The first kappa shape index (κ1) is 15.9. The Balaban J connectivity index is 1.65. The molecule has 0 radical (unpaired) electrons. The molecule has 0 saturated heterocycles. The number of rotatable bonds is 4. The predicted octanol–water partition coefficient (Wildman–Crippen LogP) is 3.07. The van der Waals surface area contributed by atoms with Crippen LogP contribution in [0.2, 0.25) is 0 Å². The minimum Gasteiger partial charge on any atom is -0.373 e. The molecule has 1 heterocycles. The van der Waals surface area contributed by atoms with Crippen molar-refractivity contribution in [3.05, 3.63) is 59.7 Å². The van der Waals surface area contributed by atoms with Gasteiger partial charge in [-0.2, -0.15) is 0 Å². The monoisotopic (exact) mass is 329 g/mol. The van der Waals surface area contributed by atoms with Crippen molar-refractivity contribution in [2.45, 2.75) is 23.8 Å². The molecule has 0 aliphatic carbocycles. The summed E-state index contributed by atoms with van der Waals surface area (Å²) in [6.45, 7) is 0.645. The van der Waals surface area contributed by atoms with Gasteiger partial charge in [0.2, 0.25) is 5.91 Å². The van der Waals surface area contributed by atoms with E-state index in [9.17, 15) is 9.00 Å². The van der Waals surface area contributed by atoms with Crippen LogP contribution in [0.5, 0.6) is 0 Å². The first-order valence-corrected chi connectivity index (χ1v) is 9.12. The van der Waals surface area contributed by atoms with E-state index in [1.807, 2.05) is 18.2 Å². The van der Waals surface area contributed by atoms with E-state index in [4.69, 9.17) is 4.74 Å². The first-order valence-electron chi connectivity index (χ1n) is 7.56. The average Bonchev–Trinajstić information content (AvgIpc) is 2.55. The summed E-state index contributed by atoms with van der Waals surface area (Å²) in [4.78, 5) is 13.0. The summed E-state index contributed by atoms with van der Waals surface area (Å²) in [5.74, 6) is -0.0860. The number of amides is 1. The molecule has 0 spiro atoms. The van der Waals surface area contributed by atoms with Gasteiger partial charge in [-0.25, -0.2) is 0 Å². The molecule has 2 atom stereocenters. The Morgan fingerprint density at radius 1 is 1.22 bits per heavy atom. The number of hydrogen-bond acceptors (Lipinski definition) is 3. The van der Waals surface area contributed by atoms with Crippen LogP contribution >= 0.6 is 0 Å². The molecule has 5 heteroatoms. The molecule has 0 bridgehead atoms. The standard InChI is InChI=1S/C18H19NO3S/c1-23(21)15-8-6-14(7-9-15)19-18(20)12-17-16-5-3-2-4-13(16)10-11-22-17/h2-9,17H,10-12H2,1H3,(H,19,20)/t17-,23+/m1/s1. The second kappa shape index (κ2) is 7.06. The summed E-state index contributed by atoms with van der Waals surface area (Å²) in [5.41, 5.74) is 3.06. The molecule has 0 saturated carbocycles. The molecule has 2 aromatic rings. The molecule has 120 valence electrons. The topological polar surface area (TPSA) is 55.4 Å². The van der Waals surface area contributed by atoms with Gasteiger partial charge < -0.3 is 10.1 Å². The van der Waals surface area contributed by atoms with E-state index in [0.717, 1.165) is 16.9 Å². The molecule has 0 unspecified atom stereocenters. The minimum atomic E-state index is -1.01. The lowest BCUT2D eigenvalue weighted by Crippen LogP contribution is -2.22.